The summed E-state index contributed by atoms with van der Waals surface area (Å²) in [6, 6.07) is 11.3. The van der Waals surface area contributed by atoms with Gasteiger partial charge in [-0.15, -0.1) is 0 Å². The molecule has 0 radical (unpaired) electrons. The van der Waals surface area contributed by atoms with Crippen molar-refractivity contribution in [1.82, 2.24) is 25.1 Å². The molecule has 1 aliphatic rings. The summed E-state index contributed by atoms with van der Waals surface area (Å²) < 4.78 is 41.6. The first-order valence-corrected chi connectivity index (χ1v) is 10.7. The molecule has 0 bridgehead atoms. The van der Waals surface area contributed by atoms with Crippen LogP contribution in [0.1, 0.15) is 59.6 Å². The number of carbonyl (C=O) groups is 1. The Hall–Kier alpha value is -3.23. The van der Waals surface area contributed by atoms with E-state index >= 15 is 0 Å². The van der Waals surface area contributed by atoms with Gasteiger partial charge in [-0.3, -0.25) is 4.79 Å². The van der Waals surface area contributed by atoms with Crippen molar-refractivity contribution < 1.29 is 18.0 Å². The smallest absolute Gasteiger partial charge is 0.351 e. The van der Waals surface area contributed by atoms with Gasteiger partial charge < -0.3 is 5.32 Å². The summed E-state index contributed by atoms with van der Waals surface area (Å²) in [6.45, 7) is 0.254. The predicted octanol–water partition coefficient (Wildman–Crippen LogP) is 4.78. The summed E-state index contributed by atoms with van der Waals surface area (Å²) in [4.78, 5) is 20.6. The lowest BCUT2D eigenvalue weighted by atomic mass is 9.88. The molecule has 1 aromatic carbocycles. The van der Waals surface area contributed by atoms with Crippen LogP contribution in [-0.2, 0) is 6.18 Å². The van der Waals surface area contributed by atoms with Gasteiger partial charge in [0.2, 0.25) is 5.95 Å². The average Bonchev–Trinajstić information content (AvgIpc) is 3.47. The number of benzene rings is 1. The number of amides is 1. The maximum absolute atomic E-state index is 13.6. The lowest BCUT2D eigenvalue weighted by molar-refractivity contribution is -0.141. The van der Waals surface area contributed by atoms with E-state index in [4.69, 9.17) is 0 Å². The van der Waals surface area contributed by atoms with Crippen molar-refractivity contribution in [1.29, 1.82) is 0 Å². The number of hydrogen-bond acceptors (Lipinski definition) is 4. The fourth-order valence-corrected chi connectivity index (χ4v) is 4.28. The number of hydrogen-bond donors (Lipinski definition) is 1. The lowest BCUT2D eigenvalue weighted by Gasteiger charge is -2.21. The van der Waals surface area contributed by atoms with E-state index < -0.39 is 23.3 Å². The lowest BCUT2D eigenvalue weighted by Crippen LogP contribution is -2.30. The minimum atomic E-state index is -4.78. The monoisotopic (exact) mass is 443 g/mol. The fourth-order valence-electron chi connectivity index (χ4n) is 4.28. The Morgan fingerprint density at radius 3 is 2.44 bits per heavy atom. The molecule has 2 heterocycles. The van der Waals surface area contributed by atoms with Crippen molar-refractivity contribution in [3.8, 4) is 5.95 Å². The maximum Gasteiger partial charge on any atom is 0.435 e. The van der Waals surface area contributed by atoms with Crippen molar-refractivity contribution in [3.63, 3.8) is 0 Å². The third-order valence-corrected chi connectivity index (χ3v) is 5.86. The van der Waals surface area contributed by atoms with Gasteiger partial charge in [-0.1, -0.05) is 56.0 Å². The number of nitrogens with one attached hydrogen (secondary N) is 1. The highest BCUT2D eigenvalue weighted by Gasteiger charge is 2.39. The summed E-state index contributed by atoms with van der Waals surface area (Å²) in [5, 5.41) is 6.26. The molecule has 2 aromatic heterocycles. The highest BCUT2D eigenvalue weighted by molar-refractivity contribution is 5.95. The highest BCUT2D eigenvalue weighted by Crippen LogP contribution is 2.34. The SMILES string of the molecule is O=C(NCC(CC1CCCC1)c1ccccc1)c1cn(-c2ncccn2)nc1C(F)(F)F. The van der Waals surface area contributed by atoms with E-state index in [0.29, 0.717) is 5.92 Å². The van der Waals surface area contributed by atoms with E-state index in [-0.39, 0.29) is 18.4 Å². The Labute approximate surface area is 183 Å². The number of aromatic nitrogens is 4. The van der Waals surface area contributed by atoms with Gasteiger partial charge in [0.25, 0.3) is 5.91 Å². The maximum atomic E-state index is 13.6. The third kappa shape index (κ3) is 5.15. The van der Waals surface area contributed by atoms with Crippen molar-refractivity contribution in [2.24, 2.45) is 5.92 Å². The van der Waals surface area contributed by atoms with Gasteiger partial charge in [-0.05, 0) is 24.0 Å². The second-order valence-electron chi connectivity index (χ2n) is 8.09. The van der Waals surface area contributed by atoms with Gasteiger partial charge in [0, 0.05) is 31.1 Å². The van der Waals surface area contributed by atoms with Crippen LogP contribution in [0, 0.1) is 5.92 Å². The number of carbonyl (C=O) groups excluding carboxylic acids is 1. The van der Waals surface area contributed by atoms with Crippen molar-refractivity contribution >= 4 is 5.91 Å². The summed E-state index contributed by atoms with van der Waals surface area (Å²) in [5.41, 5.74) is -0.726. The van der Waals surface area contributed by atoms with E-state index in [0.717, 1.165) is 35.7 Å². The summed E-state index contributed by atoms with van der Waals surface area (Å²) >= 11 is 0. The van der Waals surface area contributed by atoms with Gasteiger partial charge in [0.15, 0.2) is 5.69 Å². The third-order valence-electron chi connectivity index (χ3n) is 5.86. The second kappa shape index (κ2) is 9.50. The molecule has 0 spiro atoms. The molecule has 0 aliphatic heterocycles. The molecule has 1 N–H and O–H groups in total. The first kappa shape index (κ1) is 22.0. The number of halogens is 3. The Morgan fingerprint density at radius 2 is 1.78 bits per heavy atom. The number of alkyl halides is 3. The number of rotatable bonds is 7. The van der Waals surface area contributed by atoms with Crippen molar-refractivity contribution in [3.05, 3.63) is 71.8 Å². The average molecular weight is 443 g/mol. The van der Waals surface area contributed by atoms with Crippen LogP contribution in [0.15, 0.2) is 55.0 Å². The van der Waals surface area contributed by atoms with Gasteiger partial charge in [-0.25, -0.2) is 14.6 Å². The quantitative estimate of drug-likeness (QED) is 0.571. The molecule has 1 saturated carbocycles. The predicted molar refractivity (Wildman–Crippen MR) is 112 cm³/mol. The summed E-state index contributed by atoms with van der Waals surface area (Å²) in [7, 11) is 0. The molecular formula is C23H24F3N5O. The standard InChI is InChI=1S/C23H24F3N5O/c24-23(25,26)20-19(15-31(30-20)22-27-11-6-12-28-22)21(32)29-14-18(13-16-7-4-5-8-16)17-9-2-1-3-10-17/h1-3,6,9-12,15-16,18H,4-5,7-8,13-14H2,(H,29,32). The van der Waals surface area contributed by atoms with E-state index in [2.05, 4.69) is 20.4 Å². The molecule has 168 valence electrons. The molecule has 1 fully saturated rings. The van der Waals surface area contributed by atoms with E-state index in [1.807, 2.05) is 30.3 Å². The molecule has 0 saturated heterocycles. The molecule has 1 aliphatic carbocycles. The first-order chi connectivity index (χ1) is 15.4. The Balaban J connectivity index is 1.54. The molecule has 1 unspecified atom stereocenters. The fraction of sp³-hybridized carbons (Fsp3) is 0.391. The minimum Gasteiger partial charge on any atom is -0.351 e. The van der Waals surface area contributed by atoms with E-state index in [1.54, 1.807) is 6.07 Å². The number of nitrogens with zero attached hydrogens (tertiary/aromatic N) is 4. The van der Waals surface area contributed by atoms with Crippen LogP contribution in [-0.4, -0.2) is 32.2 Å². The van der Waals surface area contributed by atoms with Gasteiger partial charge >= 0.3 is 6.18 Å². The molecule has 3 aromatic rings. The zero-order valence-electron chi connectivity index (χ0n) is 17.4. The normalized spacial score (nSPS) is 15.6. The highest BCUT2D eigenvalue weighted by atomic mass is 19.4. The van der Waals surface area contributed by atoms with Gasteiger partial charge in [0.05, 0.1) is 5.56 Å². The van der Waals surface area contributed by atoms with Crippen LogP contribution in [0.2, 0.25) is 0 Å². The summed E-state index contributed by atoms with van der Waals surface area (Å²) in [6.07, 6.45) is 4.64. The molecule has 4 rings (SSSR count). The van der Waals surface area contributed by atoms with Crippen LogP contribution in [0.3, 0.4) is 0 Å². The Morgan fingerprint density at radius 1 is 1.09 bits per heavy atom. The van der Waals surface area contributed by atoms with Gasteiger partial charge in [-0.2, -0.15) is 18.3 Å². The van der Waals surface area contributed by atoms with Crippen molar-refractivity contribution in [2.75, 3.05) is 6.54 Å². The Bertz CT molecular complexity index is 1030. The van der Waals surface area contributed by atoms with Crippen LogP contribution < -0.4 is 5.32 Å². The topological polar surface area (TPSA) is 72.7 Å². The van der Waals surface area contributed by atoms with Crippen LogP contribution >= 0.6 is 0 Å². The zero-order chi connectivity index (χ0) is 22.6. The van der Waals surface area contributed by atoms with Crippen LogP contribution in [0.25, 0.3) is 5.95 Å². The van der Waals surface area contributed by atoms with Crippen LogP contribution in [0.5, 0.6) is 0 Å². The van der Waals surface area contributed by atoms with E-state index in [9.17, 15) is 18.0 Å². The summed E-state index contributed by atoms with van der Waals surface area (Å²) in [5.74, 6) is -0.252. The molecule has 6 nitrogen and oxygen atoms in total. The molecule has 1 amide bonds. The molecule has 9 heteroatoms. The Kier molecular flexibility index (Phi) is 6.53. The second-order valence-corrected chi connectivity index (χ2v) is 8.09. The first-order valence-electron chi connectivity index (χ1n) is 10.7. The van der Waals surface area contributed by atoms with E-state index in [1.165, 1.54) is 25.2 Å². The molecular weight excluding hydrogens is 419 g/mol. The van der Waals surface area contributed by atoms with Crippen molar-refractivity contribution in [2.45, 2.75) is 44.2 Å². The van der Waals surface area contributed by atoms with Gasteiger partial charge in [0.1, 0.15) is 0 Å². The molecule has 1 atom stereocenters. The van der Waals surface area contributed by atoms with Crippen LogP contribution in [0.4, 0.5) is 13.2 Å². The molecule has 32 heavy (non-hydrogen) atoms. The zero-order valence-corrected chi connectivity index (χ0v) is 17.4. The minimum absolute atomic E-state index is 0.0325. The largest absolute Gasteiger partial charge is 0.435 e.